The van der Waals surface area contributed by atoms with Gasteiger partial charge in [-0.25, -0.2) is 0 Å². The third-order valence-corrected chi connectivity index (χ3v) is 5.73. The molecule has 0 saturated carbocycles. The first-order valence-corrected chi connectivity index (χ1v) is 8.01. The second-order valence-electron chi connectivity index (χ2n) is 4.66. The van der Waals surface area contributed by atoms with E-state index in [0.717, 1.165) is 37.0 Å². The van der Waals surface area contributed by atoms with E-state index in [0.29, 0.717) is 6.61 Å². The Morgan fingerprint density at radius 1 is 1.42 bits per heavy atom. The third-order valence-electron chi connectivity index (χ3n) is 3.29. The lowest BCUT2D eigenvalue weighted by Gasteiger charge is -2.14. The molecule has 0 fully saturated rings. The van der Waals surface area contributed by atoms with E-state index in [1.807, 2.05) is 12.1 Å². The lowest BCUT2D eigenvalue weighted by Crippen LogP contribution is -2.11. The van der Waals surface area contributed by atoms with Crippen LogP contribution in [0.15, 0.2) is 22.0 Å². The normalized spacial score (nSPS) is 15.2. The summed E-state index contributed by atoms with van der Waals surface area (Å²) in [5, 5.41) is 0.724. The number of halogens is 2. The van der Waals surface area contributed by atoms with Gasteiger partial charge in [0, 0.05) is 21.9 Å². The molecule has 1 unspecified atom stereocenters. The van der Waals surface area contributed by atoms with Crippen molar-refractivity contribution in [1.29, 1.82) is 0 Å². The topological polar surface area (TPSA) is 35.2 Å². The summed E-state index contributed by atoms with van der Waals surface area (Å²) < 4.78 is 6.84. The fraction of sp³-hybridized carbons (Fsp3) is 0.286. The number of hydrogen-bond donors (Lipinski definition) is 1. The van der Waals surface area contributed by atoms with E-state index in [4.69, 9.17) is 22.1 Å². The first-order valence-electron chi connectivity index (χ1n) is 6.03. The highest BCUT2D eigenvalue weighted by molar-refractivity contribution is 9.11. The summed E-state index contributed by atoms with van der Waals surface area (Å²) >= 11 is 11.4. The van der Waals surface area contributed by atoms with Crippen molar-refractivity contribution >= 4 is 38.9 Å². The van der Waals surface area contributed by atoms with Crippen molar-refractivity contribution in [3.8, 4) is 5.75 Å². The summed E-state index contributed by atoms with van der Waals surface area (Å²) in [5.74, 6) is 0.916. The van der Waals surface area contributed by atoms with Gasteiger partial charge in [-0.3, -0.25) is 0 Å². The van der Waals surface area contributed by atoms with Crippen LogP contribution in [0.1, 0.15) is 27.6 Å². The Labute approximate surface area is 129 Å². The van der Waals surface area contributed by atoms with E-state index in [2.05, 4.69) is 28.9 Å². The minimum absolute atomic E-state index is 0.194. The van der Waals surface area contributed by atoms with Gasteiger partial charge in [-0.1, -0.05) is 11.6 Å². The number of rotatable bonds is 2. The highest BCUT2D eigenvalue weighted by Crippen LogP contribution is 2.40. The Kier molecular flexibility index (Phi) is 3.60. The molecule has 1 aromatic carbocycles. The zero-order valence-electron chi connectivity index (χ0n) is 10.4. The molecule has 100 valence electrons. The van der Waals surface area contributed by atoms with Crippen molar-refractivity contribution in [2.75, 3.05) is 6.61 Å². The van der Waals surface area contributed by atoms with Gasteiger partial charge in [-0.05, 0) is 52.2 Å². The Morgan fingerprint density at radius 3 is 2.89 bits per heavy atom. The molecule has 3 rings (SSSR count). The highest BCUT2D eigenvalue weighted by atomic mass is 79.9. The minimum atomic E-state index is -0.194. The third kappa shape index (κ3) is 2.42. The van der Waals surface area contributed by atoms with Crippen LogP contribution in [-0.4, -0.2) is 6.61 Å². The Balaban J connectivity index is 2.07. The van der Waals surface area contributed by atoms with Crippen molar-refractivity contribution < 1.29 is 4.74 Å². The monoisotopic (exact) mass is 357 g/mol. The van der Waals surface area contributed by atoms with Gasteiger partial charge in [0.15, 0.2) is 0 Å². The molecule has 0 radical (unpaired) electrons. The molecule has 2 nitrogen and oxygen atoms in total. The van der Waals surface area contributed by atoms with E-state index in [1.165, 1.54) is 5.56 Å². The first-order chi connectivity index (χ1) is 9.06. The number of nitrogens with two attached hydrogens (primary N) is 1. The molecule has 2 N–H and O–H groups in total. The Hall–Kier alpha value is -0.550. The zero-order valence-corrected chi connectivity index (χ0v) is 13.5. The number of hydrogen-bond acceptors (Lipinski definition) is 3. The van der Waals surface area contributed by atoms with E-state index in [9.17, 15) is 0 Å². The van der Waals surface area contributed by atoms with Gasteiger partial charge >= 0.3 is 0 Å². The Morgan fingerprint density at radius 2 is 2.21 bits per heavy atom. The molecule has 1 aromatic heterocycles. The molecule has 0 saturated heterocycles. The molecule has 0 amide bonds. The van der Waals surface area contributed by atoms with Crippen molar-refractivity contribution in [2.45, 2.75) is 19.4 Å². The molecular weight excluding hydrogens is 346 g/mol. The van der Waals surface area contributed by atoms with Gasteiger partial charge in [-0.15, -0.1) is 11.3 Å². The predicted octanol–water partition coefficient (Wildman–Crippen LogP) is 4.46. The fourth-order valence-corrected chi connectivity index (χ4v) is 4.16. The van der Waals surface area contributed by atoms with E-state index in [-0.39, 0.29) is 6.04 Å². The summed E-state index contributed by atoms with van der Waals surface area (Å²) in [7, 11) is 0. The molecule has 5 heteroatoms. The van der Waals surface area contributed by atoms with Crippen LogP contribution < -0.4 is 10.5 Å². The van der Waals surface area contributed by atoms with Crippen molar-refractivity contribution in [3.63, 3.8) is 0 Å². The smallest absolute Gasteiger partial charge is 0.127 e. The number of benzene rings is 1. The van der Waals surface area contributed by atoms with Crippen molar-refractivity contribution in [2.24, 2.45) is 5.73 Å². The van der Waals surface area contributed by atoms with Gasteiger partial charge in [0.1, 0.15) is 5.75 Å². The Bertz CT molecular complexity index is 621. The van der Waals surface area contributed by atoms with Crippen LogP contribution in [0.3, 0.4) is 0 Å². The lowest BCUT2D eigenvalue weighted by atomic mass is 10.0. The van der Waals surface area contributed by atoms with Gasteiger partial charge in [0.25, 0.3) is 0 Å². The second-order valence-corrected chi connectivity index (χ2v) is 7.50. The SMILES string of the molecule is Cc1cc(C(N)c2cc(Cl)cc3c2OCC3)sc1Br. The van der Waals surface area contributed by atoms with Crippen LogP contribution >= 0.6 is 38.9 Å². The second kappa shape index (κ2) is 5.09. The predicted molar refractivity (Wildman–Crippen MR) is 83.4 cm³/mol. The van der Waals surface area contributed by atoms with E-state index in [1.54, 1.807) is 11.3 Å². The number of fused-ring (bicyclic) bond motifs is 1. The van der Waals surface area contributed by atoms with E-state index >= 15 is 0 Å². The molecule has 19 heavy (non-hydrogen) atoms. The van der Waals surface area contributed by atoms with Crippen LogP contribution in [0.2, 0.25) is 5.02 Å². The standard InChI is InChI=1S/C14H13BrClNOS/c1-7-4-11(19-14(7)15)12(17)10-6-9(16)5-8-2-3-18-13(8)10/h4-6,12H,2-3,17H2,1H3. The van der Waals surface area contributed by atoms with Gasteiger partial charge in [0.05, 0.1) is 16.4 Å². The van der Waals surface area contributed by atoms with Gasteiger partial charge < -0.3 is 10.5 Å². The van der Waals surface area contributed by atoms with Crippen LogP contribution in [0.5, 0.6) is 5.75 Å². The first kappa shape index (κ1) is 13.4. The summed E-state index contributed by atoms with van der Waals surface area (Å²) in [6.45, 7) is 2.78. The molecule has 2 heterocycles. The van der Waals surface area contributed by atoms with E-state index < -0.39 is 0 Å². The highest BCUT2D eigenvalue weighted by Gasteiger charge is 2.23. The summed E-state index contributed by atoms with van der Waals surface area (Å²) in [6.07, 6.45) is 0.906. The lowest BCUT2D eigenvalue weighted by molar-refractivity contribution is 0.352. The largest absolute Gasteiger partial charge is 0.493 e. The zero-order chi connectivity index (χ0) is 13.6. The summed E-state index contributed by atoms with van der Waals surface area (Å²) in [6, 6.07) is 5.80. The molecule has 1 aliphatic heterocycles. The van der Waals surface area contributed by atoms with Crippen LogP contribution in [0.4, 0.5) is 0 Å². The van der Waals surface area contributed by atoms with Crippen molar-refractivity contribution in [1.82, 2.24) is 0 Å². The van der Waals surface area contributed by atoms with Crippen LogP contribution in [0, 0.1) is 6.92 Å². The molecule has 0 bridgehead atoms. The average molecular weight is 359 g/mol. The summed E-state index contributed by atoms with van der Waals surface area (Å²) in [5.41, 5.74) is 9.73. The van der Waals surface area contributed by atoms with Gasteiger partial charge in [0.2, 0.25) is 0 Å². The molecule has 1 atom stereocenters. The van der Waals surface area contributed by atoms with Gasteiger partial charge in [-0.2, -0.15) is 0 Å². The average Bonchev–Trinajstić information content (AvgIpc) is 2.95. The molecular formula is C14H13BrClNOS. The number of aryl methyl sites for hydroxylation is 1. The molecule has 2 aromatic rings. The van der Waals surface area contributed by atoms with Crippen LogP contribution in [-0.2, 0) is 6.42 Å². The van der Waals surface area contributed by atoms with Crippen molar-refractivity contribution in [3.05, 3.63) is 48.6 Å². The summed E-state index contributed by atoms with van der Waals surface area (Å²) in [4.78, 5) is 1.12. The molecule has 1 aliphatic rings. The molecule has 0 spiro atoms. The van der Waals surface area contributed by atoms with Crippen LogP contribution in [0.25, 0.3) is 0 Å². The number of thiophene rings is 1. The molecule has 0 aliphatic carbocycles. The number of ether oxygens (including phenoxy) is 1. The minimum Gasteiger partial charge on any atom is -0.493 e. The fourth-order valence-electron chi connectivity index (χ4n) is 2.32. The maximum Gasteiger partial charge on any atom is 0.127 e. The quantitative estimate of drug-likeness (QED) is 0.860. The maximum absolute atomic E-state index is 6.39. The maximum atomic E-state index is 6.39.